The molecule has 0 radical (unpaired) electrons. The first kappa shape index (κ1) is 17.9. The van der Waals surface area contributed by atoms with E-state index in [1.54, 1.807) is 13.3 Å². The zero-order valence-electron chi connectivity index (χ0n) is 15.2. The van der Waals surface area contributed by atoms with Crippen molar-refractivity contribution < 1.29 is 14.3 Å². The van der Waals surface area contributed by atoms with Gasteiger partial charge in [0, 0.05) is 24.2 Å². The van der Waals surface area contributed by atoms with E-state index < -0.39 is 0 Å². The molecule has 4 nitrogen and oxygen atoms in total. The van der Waals surface area contributed by atoms with Gasteiger partial charge in [0.2, 0.25) is 0 Å². The highest BCUT2D eigenvalue weighted by molar-refractivity contribution is 5.91. The Bertz CT molecular complexity index is 905. The molecule has 0 saturated heterocycles. The van der Waals surface area contributed by atoms with E-state index in [1.165, 1.54) is 10.9 Å². The van der Waals surface area contributed by atoms with Crippen molar-refractivity contribution in [1.29, 1.82) is 0 Å². The summed E-state index contributed by atoms with van der Waals surface area (Å²) in [5.41, 5.74) is 3.48. The third-order valence-electron chi connectivity index (χ3n) is 4.48. The number of pyridine rings is 1. The molecule has 0 aliphatic rings. The van der Waals surface area contributed by atoms with Gasteiger partial charge in [0.05, 0.1) is 13.7 Å². The molecular formula is C22H23NO3. The molecule has 0 bridgehead atoms. The Morgan fingerprint density at radius 1 is 1.00 bits per heavy atom. The van der Waals surface area contributed by atoms with Crippen molar-refractivity contribution in [2.75, 3.05) is 13.7 Å². The maximum atomic E-state index is 11.7. The summed E-state index contributed by atoms with van der Waals surface area (Å²) >= 11 is 0. The molecule has 0 saturated carbocycles. The summed E-state index contributed by atoms with van der Waals surface area (Å²) in [5, 5.41) is 2.27. The molecule has 0 fully saturated rings. The molecule has 0 aliphatic carbocycles. The van der Waals surface area contributed by atoms with E-state index in [4.69, 9.17) is 9.47 Å². The fourth-order valence-electron chi connectivity index (χ4n) is 3.20. The van der Waals surface area contributed by atoms with Gasteiger partial charge < -0.3 is 9.47 Å². The number of methoxy groups -OCH3 is 1. The lowest BCUT2D eigenvalue weighted by Crippen LogP contribution is -2.06. The Hall–Kier alpha value is -2.88. The minimum absolute atomic E-state index is 0.162. The van der Waals surface area contributed by atoms with Gasteiger partial charge >= 0.3 is 5.97 Å². The number of rotatable bonds is 7. The molecular weight excluding hydrogens is 326 g/mol. The van der Waals surface area contributed by atoms with Crippen molar-refractivity contribution in [1.82, 2.24) is 4.98 Å². The number of esters is 1. The molecule has 0 spiro atoms. The van der Waals surface area contributed by atoms with Crippen LogP contribution in [-0.2, 0) is 22.4 Å². The molecule has 0 amide bonds. The monoisotopic (exact) mass is 349 g/mol. The summed E-state index contributed by atoms with van der Waals surface area (Å²) in [6.07, 6.45) is 5.46. The minimum Gasteiger partial charge on any atom is -0.496 e. The van der Waals surface area contributed by atoms with Gasteiger partial charge in [-0.25, -0.2) is 0 Å². The van der Waals surface area contributed by atoms with E-state index in [-0.39, 0.29) is 5.97 Å². The Morgan fingerprint density at radius 2 is 1.81 bits per heavy atom. The zero-order chi connectivity index (χ0) is 18.4. The SMILES string of the molecule is CCOC(=O)CCc1ccncc1Cc1ccc(OC)c2ccccc12. The number of ether oxygens (including phenoxy) is 2. The normalized spacial score (nSPS) is 10.7. The van der Waals surface area contributed by atoms with Crippen molar-refractivity contribution in [3.05, 3.63) is 71.5 Å². The average Bonchev–Trinajstić information content (AvgIpc) is 2.68. The summed E-state index contributed by atoms with van der Waals surface area (Å²) in [4.78, 5) is 16.0. The second-order valence-electron chi connectivity index (χ2n) is 6.10. The van der Waals surface area contributed by atoms with Crippen LogP contribution in [-0.4, -0.2) is 24.7 Å². The summed E-state index contributed by atoms with van der Waals surface area (Å²) in [7, 11) is 1.69. The third-order valence-corrected chi connectivity index (χ3v) is 4.48. The Balaban J connectivity index is 1.88. The molecule has 0 N–H and O–H groups in total. The van der Waals surface area contributed by atoms with Crippen molar-refractivity contribution in [3.8, 4) is 5.75 Å². The molecule has 0 aliphatic heterocycles. The summed E-state index contributed by atoms with van der Waals surface area (Å²) in [5.74, 6) is 0.711. The third kappa shape index (κ3) is 4.02. The van der Waals surface area contributed by atoms with Crippen LogP contribution in [0.3, 0.4) is 0 Å². The molecule has 4 heteroatoms. The van der Waals surface area contributed by atoms with E-state index in [9.17, 15) is 4.79 Å². The average molecular weight is 349 g/mol. The quantitative estimate of drug-likeness (QED) is 0.596. The Morgan fingerprint density at radius 3 is 2.58 bits per heavy atom. The molecule has 26 heavy (non-hydrogen) atoms. The largest absolute Gasteiger partial charge is 0.496 e. The van der Waals surface area contributed by atoms with E-state index >= 15 is 0 Å². The molecule has 0 unspecified atom stereocenters. The van der Waals surface area contributed by atoms with E-state index in [0.29, 0.717) is 19.4 Å². The second-order valence-corrected chi connectivity index (χ2v) is 6.10. The van der Waals surface area contributed by atoms with E-state index in [0.717, 1.165) is 28.7 Å². The molecule has 3 rings (SSSR count). The molecule has 0 atom stereocenters. The van der Waals surface area contributed by atoms with Crippen molar-refractivity contribution in [2.24, 2.45) is 0 Å². The number of benzene rings is 2. The first-order valence-corrected chi connectivity index (χ1v) is 8.85. The van der Waals surface area contributed by atoms with E-state index in [1.807, 2.05) is 37.4 Å². The van der Waals surface area contributed by atoms with Gasteiger partial charge in [0.15, 0.2) is 0 Å². The number of carbonyl (C=O) groups is 1. The van der Waals surface area contributed by atoms with Crippen LogP contribution in [0.15, 0.2) is 54.9 Å². The maximum Gasteiger partial charge on any atom is 0.306 e. The first-order valence-electron chi connectivity index (χ1n) is 8.85. The summed E-state index contributed by atoms with van der Waals surface area (Å²) < 4.78 is 10.5. The van der Waals surface area contributed by atoms with Crippen LogP contribution in [0.1, 0.15) is 30.0 Å². The Labute approximate surface area is 153 Å². The van der Waals surface area contributed by atoms with Gasteiger partial charge in [-0.15, -0.1) is 0 Å². The summed E-state index contributed by atoms with van der Waals surface area (Å²) in [6, 6.07) is 14.3. The molecule has 134 valence electrons. The number of carbonyl (C=O) groups excluding carboxylic acids is 1. The smallest absolute Gasteiger partial charge is 0.306 e. The van der Waals surface area contributed by atoms with Crippen LogP contribution in [0.2, 0.25) is 0 Å². The fraction of sp³-hybridized carbons (Fsp3) is 0.273. The van der Waals surface area contributed by atoms with Crippen LogP contribution in [0, 0.1) is 0 Å². The van der Waals surface area contributed by atoms with Crippen LogP contribution in [0.25, 0.3) is 10.8 Å². The highest BCUT2D eigenvalue weighted by atomic mass is 16.5. The first-order chi connectivity index (χ1) is 12.7. The van der Waals surface area contributed by atoms with Crippen LogP contribution < -0.4 is 4.74 Å². The van der Waals surface area contributed by atoms with Gasteiger partial charge in [-0.3, -0.25) is 9.78 Å². The fourth-order valence-corrected chi connectivity index (χ4v) is 3.20. The lowest BCUT2D eigenvalue weighted by atomic mass is 9.95. The predicted molar refractivity (Wildman–Crippen MR) is 102 cm³/mol. The number of hydrogen-bond acceptors (Lipinski definition) is 4. The molecule has 2 aromatic carbocycles. The number of hydrogen-bond donors (Lipinski definition) is 0. The van der Waals surface area contributed by atoms with Crippen LogP contribution >= 0.6 is 0 Å². The van der Waals surface area contributed by atoms with Gasteiger partial charge in [-0.1, -0.05) is 30.3 Å². The highest BCUT2D eigenvalue weighted by Gasteiger charge is 2.11. The zero-order valence-corrected chi connectivity index (χ0v) is 15.2. The van der Waals surface area contributed by atoms with Gasteiger partial charge in [-0.2, -0.15) is 0 Å². The van der Waals surface area contributed by atoms with Crippen molar-refractivity contribution in [3.63, 3.8) is 0 Å². The van der Waals surface area contributed by atoms with Gasteiger partial charge in [0.25, 0.3) is 0 Å². The van der Waals surface area contributed by atoms with Crippen LogP contribution in [0.4, 0.5) is 0 Å². The topological polar surface area (TPSA) is 48.4 Å². The lowest BCUT2D eigenvalue weighted by Gasteiger charge is -2.13. The number of aromatic nitrogens is 1. The maximum absolute atomic E-state index is 11.7. The second kappa shape index (κ2) is 8.48. The molecule has 1 heterocycles. The minimum atomic E-state index is -0.162. The number of nitrogens with zero attached hydrogens (tertiary/aromatic N) is 1. The number of aryl methyl sites for hydroxylation is 1. The highest BCUT2D eigenvalue weighted by Crippen LogP contribution is 2.30. The molecule has 1 aromatic heterocycles. The van der Waals surface area contributed by atoms with Crippen molar-refractivity contribution >= 4 is 16.7 Å². The lowest BCUT2D eigenvalue weighted by molar-refractivity contribution is -0.143. The predicted octanol–water partition coefficient (Wildman–Crippen LogP) is 4.33. The van der Waals surface area contributed by atoms with Gasteiger partial charge in [0.1, 0.15) is 5.75 Å². The number of fused-ring (bicyclic) bond motifs is 1. The van der Waals surface area contributed by atoms with Crippen molar-refractivity contribution in [2.45, 2.75) is 26.2 Å². The van der Waals surface area contributed by atoms with Crippen LogP contribution in [0.5, 0.6) is 5.75 Å². The Kier molecular flexibility index (Phi) is 5.84. The van der Waals surface area contributed by atoms with E-state index in [2.05, 4.69) is 23.2 Å². The van der Waals surface area contributed by atoms with Gasteiger partial charge in [-0.05, 0) is 54.0 Å². The molecule has 3 aromatic rings. The standard InChI is InChI=1S/C22H23NO3/c1-3-26-22(24)11-9-16-12-13-23-15-18(16)14-17-8-10-21(25-2)20-7-5-4-6-19(17)20/h4-8,10,12-13,15H,3,9,11,14H2,1-2H3. The summed E-state index contributed by atoms with van der Waals surface area (Å²) in [6.45, 7) is 2.24.